The molecule has 0 spiro atoms. The van der Waals surface area contributed by atoms with E-state index >= 15 is 0 Å². The molecule has 0 saturated heterocycles. The number of aliphatic carboxylic acids is 5. The van der Waals surface area contributed by atoms with Gasteiger partial charge in [0, 0.05) is 30.1 Å². The maximum atomic E-state index is 10.6. The molecule has 1 heterocycles. The first kappa shape index (κ1) is 38.4. The number of carboxylic acid groups (broad SMARTS) is 5. The average molecular weight is 587 g/mol. The lowest BCUT2D eigenvalue weighted by molar-refractivity contribution is -0.144. The fourth-order valence-corrected chi connectivity index (χ4v) is 2.57. The summed E-state index contributed by atoms with van der Waals surface area (Å²) in [5, 5.41) is 51.1. The second-order valence-electron chi connectivity index (χ2n) is 8.08. The number of hydrogen-bond acceptors (Lipinski definition) is 10. The lowest BCUT2D eigenvalue weighted by atomic mass is 10.1. The van der Waals surface area contributed by atoms with Crippen molar-refractivity contribution in [3.05, 3.63) is 36.0 Å². The Bertz CT molecular complexity index is 1140. The third-order valence-corrected chi connectivity index (χ3v) is 4.64. The number of rotatable bonds is 12. The number of nitrogens with two attached hydrogens (primary N) is 5. The Kier molecular flexibility index (Phi) is 19.7. The highest BCUT2D eigenvalue weighted by Gasteiger charge is 2.15. The van der Waals surface area contributed by atoms with Crippen LogP contribution in [0.3, 0.4) is 0 Å². The molecule has 0 saturated carbocycles. The molecular formula is C23H38N8O10. The quantitative estimate of drug-likeness (QED) is 0.0705. The summed E-state index contributed by atoms with van der Waals surface area (Å²) in [7, 11) is 0. The molecule has 2 aromatic rings. The summed E-state index contributed by atoms with van der Waals surface area (Å²) in [6, 6.07) is 4.80. The SMILES string of the molecule is N=C(N)NCCCC(N)C(=O)O.NC(CC(=O)O)C(=O)O.NC(Cc1c[nH]c2ccccc12)C(=O)O.NCC(=O)O. The van der Waals surface area contributed by atoms with Crippen LogP contribution >= 0.6 is 0 Å². The third kappa shape index (κ3) is 19.9. The van der Waals surface area contributed by atoms with Crippen molar-refractivity contribution >= 4 is 46.7 Å². The van der Waals surface area contributed by atoms with Gasteiger partial charge in [0.15, 0.2) is 5.96 Å². The molecule has 18 nitrogen and oxygen atoms in total. The zero-order chi connectivity index (χ0) is 32.1. The molecule has 41 heavy (non-hydrogen) atoms. The molecule has 3 atom stereocenters. The summed E-state index contributed by atoms with van der Waals surface area (Å²) in [6.07, 6.45) is 2.60. The molecule has 230 valence electrons. The number of benzene rings is 1. The molecule has 0 aliphatic carbocycles. The largest absolute Gasteiger partial charge is 0.481 e. The summed E-state index contributed by atoms with van der Waals surface area (Å²) >= 11 is 0. The number of fused-ring (bicyclic) bond motifs is 1. The third-order valence-electron chi connectivity index (χ3n) is 4.64. The number of carboxylic acids is 5. The summed E-state index contributed by atoms with van der Waals surface area (Å²) in [4.78, 5) is 52.8. The molecule has 0 bridgehead atoms. The van der Waals surface area contributed by atoms with Crippen LogP contribution in [0, 0.1) is 5.41 Å². The number of guanidine groups is 1. The second kappa shape index (κ2) is 21.1. The van der Waals surface area contributed by atoms with E-state index in [1.807, 2.05) is 30.5 Å². The maximum Gasteiger partial charge on any atom is 0.321 e. The van der Waals surface area contributed by atoms with E-state index in [2.05, 4.69) is 16.0 Å². The van der Waals surface area contributed by atoms with Crippen molar-refractivity contribution in [1.82, 2.24) is 10.3 Å². The first-order chi connectivity index (χ1) is 19.0. The van der Waals surface area contributed by atoms with Gasteiger partial charge in [-0.1, -0.05) is 18.2 Å². The van der Waals surface area contributed by atoms with Crippen molar-refractivity contribution in [3.8, 4) is 0 Å². The normalized spacial score (nSPS) is 11.9. The van der Waals surface area contributed by atoms with Crippen LogP contribution in [-0.4, -0.2) is 97.5 Å². The Morgan fingerprint density at radius 2 is 1.37 bits per heavy atom. The number of aromatic nitrogens is 1. The van der Waals surface area contributed by atoms with Crippen LogP contribution in [0.5, 0.6) is 0 Å². The Hall–Kier alpha value is -4.78. The van der Waals surface area contributed by atoms with E-state index in [0.29, 0.717) is 25.8 Å². The van der Waals surface area contributed by atoms with Gasteiger partial charge in [-0.05, 0) is 24.5 Å². The fourth-order valence-electron chi connectivity index (χ4n) is 2.57. The number of H-pyrrole nitrogens is 1. The lowest BCUT2D eigenvalue weighted by Crippen LogP contribution is -2.34. The van der Waals surface area contributed by atoms with Gasteiger partial charge in [0.05, 0.1) is 13.0 Å². The molecule has 0 radical (unpaired) electrons. The van der Waals surface area contributed by atoms with E-state index in [0.717, 1.165) is 16.5 Å². The molecule has 0 amide bonds. The molecule has 1 aromatic carbocycles. The predicted octanol–water partition coefficient (Wildman–Crippen LogP) is -2.31. The molecule has 18 N–H and O–H groups in total. The number of carbonyl (C=O) groups is 5. The van der Waals surface area contributed by atoms with Gasteiger partial charge in [0.1, 0.15) is 18.1 Å². The highest BCUT2D eigenvalue weighted by atomic mass is 16.4. The standard InChI is InChI=1S/C11H12N2O2.C6H14N4O2.C4H7NO4.C2H5NO2/c12-9(11(14)15)5-7-6-13-10-4-2-1-3-8(7)10;7-4(5(11)12)2-1-3-10-6(8)9;5-2(4(8)9)1-3(6)7;3-1-2(4)5/h1-4,6,9,13H,5,12H2,(H,14,15);4H,1-3,7H2,(H,11,12)(H4,8,9,10);2H,1,5H2,(H,6,7)(H,8,9);1,3H2,(H,4,5). The molecule has 0 aliphatic rings. The van der Waals surface area contributed by atoms with Gasteiger partial charge in [-0.3, -0.25) is 29.4 Å². The van der Waals surface area contributed by atoms with Gasteiger partial charge in [0.25, 0.3) is 0 Å². The van der Waals surface area contributed by atoms with Gasteiger partial charge >= 0.3 is 29.8 Å². The van der Waals surface area contributed by atoms with Crippen molar-refractivity contribution in [2.45, 2.75) is 43.8 Å². The van der Waals surface area contributed by atoms with Gasteiger partial charge in [-0.2, -0.15) is 0 Å². The smallest absolute Gasteiger partial charge is 0.321 e. The number of aromatic amines is 1. The topological polar surface area (TPSA) is 368 Å². The second-order valence-corrected chi connectivity index (χ2v) is 8.08. The zero-order valence-electron chi connectivity index (χ0n) is 22.0. The average Bonchev–Trinajstić information content (AvgIpc) is 3.29. The van der Waals surface area contributed by atoms with Crippen LogP contribution in [0.2, 0.25) is 0 Å². The molecule has 0 fully saturated rings. The molecule has 1 aromatic heterocycles. The van der Waals surface area contributed by atoms with E-state index in [9.17, 15) is 24.0 Å². The van der Waals surface area contributed by atoms with Crippen molar-refractivity contribution in [3.63, 3.8) is 0 Å². The van der Waals surface area contributed by atoms with Crippen LogP contribution < -0.4 is 34.0 Å². The summed E-state index contributed by atoms with van der Waals surface area (Å²) in [5.41, 5.74) is 27.1. The van der Waals surface area contributed by atoms with Crippen LogP contribution in [0.15, 0.2) is 30.5 Å². The van der Waals surface area contributed by atoms with Crippen LogP contribution in [0.4, 0.5) is 0 Å². The van der Waals surface area contributed by atoms with Crippen molar-refractivity contribution in [1.29, 1.82) is 5.41 Å². The minimum absolute atomic E-state index is 0.112. The fraction of sp³-hybridized carbons (Fsp3) is 0.391. The van der Waals surface area contributed by atoms with Crippen molar-refractivity contribution < 1.29 is 49.5 Å². The molecule has 0 aliphatic heterocycles. The predicted molar refractivity (Wildman–Crippen MR) is 147 cm³/mol. The van der Waals surface area contributed by atoms with Crippen LogP contribution in [0.25, 0.3) is 10.9 Å². The van der Waals surface area contributed by atoms with E-state index in [1.165, 1.54) is 0 Å². The first-order valence-corrected chi connectivity index (χ1v) is 11.7. The maximum absolute atomic E-state index is 10.6. The van der Waals surface area contributed by atoms with Gasteiger partial charge < -0.3 is 64.5 Å². The summed E-state index contributed by atoms with van der Waals surface area (Å²) in [5.74, 6) is -5.55. The summed E-state index contributed by atoms with van der Waals surface area (Å²) < 4.78 is 0. The first-order valence-electron chi connectivity index (χ1n) is 11.7. The van der Waals surface area contributed by atoms with E-state index < -0.39 is 54.4 Å². The van der Waals surface area contributed by atoms with Crippen molar-refractivity contribution in [2.24, 2.45) is 28.7 Å². The Balaban J connectivity index is 0. The highest BCUT2D eigenvalue weighted by molar-refractivity contribution is 5.84. The van der Waals surface area contributed by atoms with E-state index in [4.69, 9.17) is 53.9 Å². The Morgan fingerprint density at radius 3 is 1.78 bits per heavy atom. The van der Waals surface area contributed by atoms with E-state index in [-0.39, 0.29) is 12.5 Å². The Morgan fingerprint density at radius 1 is 0.854 bits per heavy atom. The van der Waals surface area contributed by atoms with Gasteiger partial charge in [-0.25, -0.2) is 0 Å². The van der Waals surface area contributed by atoms with Gasteiger partial charge in [-0.15, -0.1) is 0 Å². The molecule has 3 unspecified atom stereocenters. The monoisotopic (exact) mass is 586 g/mol. The van der Waals surface area contributed by atoms with E-state index in [1.54, 1.807) is 0 Å². The number of para-hydroxylation sites is 1. The van der Waals surface area contributed by atoms with Gasteiger partial charge in [0.2, 0.25) is 0 Å². The lowest BCUT2D eigenvalue weighted by Gasteiger charge is -2.06. The Labute approximate surface area is 234 Å². The summed E-state index contributed by atoms with van der Waals surface area (Å²) in [6.45, 7) is 0.205. The number of nitrogens with one attached hydrogen (secondary N) is 3. The molecule has 2 rings (SSSR count). The minimum atomic E-state index is -1.29. The number of hydrogen-bond donors (Lipinski definition) is 13. The zero-order valence-corrected chi connectivity index (χ0v) is 22.0. The van der Waals surface area contributed by atoms with Crippen LogP contribution in [0.1, 0.15) is 24.8 Å². The molecular weight excluding hydrogens is 548 g/mol. The van der Waals surface area contributed by atoms with Crippen LogP contribution in [-0.2, 0) is 30.4 Å². The van der Waals surface area contributed by atoms with Crippen molar-refractivity contribution in [2.75, 3.05) is 13.1 Å². The highest BCUT2D eigenvalue weighted by Crippen LogP contribution is 2.18. The molecule has 18 heteroatoms. The minimum Gasteiger partial charge on any atom is -0.481 e.